The number of benzene rings is 2. The topological polar surface area (TPSA) is 54.9 Å². The fourth-order valence-electron chi connectivity index (χ4n) is 5.02. The molecule has 1 amide bonds. The summed E-state index contributed by atoms with van der Waals surface area (Å²) in [6, 6.07) is 4.44. The van der Waals surface area contributed by atoms with Gasteiger partial charge in [-0.25, -0.2) is 36.3 Å². The number of halogens is 6. The summed E-state index contributed by atoms with van der Waals surface area (Å²) in [6.07, 6.45) is 4.41. The first-order valence-corrected chi connectivity index (χ1v) is 11.7. The number of nitrogens with one attached hydrogen (secondary N) is 1. The van der Waals surface area contributed by atoms with Gasteiger partial charge in [-0.05, 0) is 49.4 Å². The summed E-state index contributed by atoms with van der Waals surface area (Å²) in [6.45, 7) is 0. The van der Waals surface area contributed by atoms with E-state index in [1.807, 2.05) is 0 Å². The Kier molecular flexibility index (Phi) is 6.44. The van der Waals surface area contributed by atoms with Crippen LogP contribution in [-0.2, 0) is 24.1 Å². The van der Waals surface area contributed by atoms with Crippen molar-refractivity contribution in [3.63, 3.8) is 0 Å². The largest absolute Gasteiger partial charge is 0.309 e. The lowest BCUT2D eigenvalue weighted by Gasteiger charge is -2.26. The van der Waals surface area contributed by atoms with E-state index >= 15 is 0 Å². The molecule has 2 aliphatic rings. The molecule has 36 heavy (non-hydrogen) atoms. The summed E-state index contributed by atoms with van der Waals surface area (Å²) in [4.78, 5) is 22.2. The maximum atomic E-state index is 14.1. The number of anilines is 1. The van der Waals surface area contributed by atoms with Gasteiger partial charge in [0.1, 0.15) is 5.82 Å². The third-order valence-electron chi connectivity index (χ3n) is 6.84. The van der Waals surface area contributed by atoms with Gasteiger partial charge >= 0.3 is 0 Å². The zero-order valence-electron chi connectivity index (χ0n) is 19.0. The van der Waals surface area contributed by atoms with Gasteiger partial charge in [0.2, 0.25) is 11.7 Å². The van der Waals surface area contributed by atoms with Crippen LogP contribution in [0.2, 0.25) is 0 Å². The van der Waals surface area contributed by atoms with Crippen molar-refractivity contribution < 1.29 is 31.1 Å². The minimum atomic E-state index is -2.28. The molecule has 10 heteroatoms. The van der Waals surface area contributed by atoms with E-state index in [9.17, 15) is 31.1 Å². The van der Waals surface area contributed by atoms with Crippen LogP contribution < -0.4 is 5.32 Å². The minimum absolute atomic E-state index is 0.0353. The number of carbonyl (C=O) groups is 1. The van der Waals surface area contributed by atoms with Gasteiger partial charge in [-0.3, -0.25) is 4.79 Å². The number of hydrogen-bond donors (Lipinski definition) is 1. The number of rotatable bonds is 4. The predicted octanol–water partition coefficient (Wildman–Crippen LogP) is 6.31. The Morgan fingerprint density at radius 1 is 0.861 bits per heavy atom. The van der Waals surface area contributed by atoms with Crippen molar-refractivity contribution in [2.45, 2.75) is 57.3 Å². The molecule has 0 aliphatic heterocycles. The molecule has 5 rings (SSSR count). The van der Waals surface area contributed by atoms with Crippen molar-refractivity contribution in [3.8, 4) is 11.3 Å². The Labute approximate surface area is 202 Å². The molecule has 4 nitrogen and oxygen atoms in total. The van der Waals surface area contributed by atoms with Crippen LogP contribution in [0.3, 0.4) is 0 Å². The number of carbonyl (C=O) groups excluding carboxylic acids is 1. The molecule has 1 heterocycles. The van der Waals surface area contributed by atoms with Crippen LogP contribution in [0.4, 0.5) is 32.2 Å². The molecule has 1 N–H and O–H groups in total. The molecule has 0 radical (unpaired) electrons. The molecule has 1 fully saturated rings. The van der Waals surface area contributed by atoms with Crippen LogP contribution in [0.5, 0.6) is 0 Å². The van der Waals surface area contributed by atoms with E-state index in [0.717, 1.165) is 43.2 Å². The van der Waals surface area contributed by atoms with Crippen LogP contribution in [-0.4, -0.2) is 15.9 Å². The number of hydrogen-bond acceptors (Lipinski definition) is 3. The van der Waals surface area contributed by atoms with E-state index in [1.54, 1.807) is 6.07 Å². The lowest BCUT2D eigenvalue weighted by Crippen LogP contribution is -2.23. The molecule has 1 aromatic heterocycles. The van der Waals surface area contributed by atoms with E-state index in [0.29, 0.717) is 29.9 Å². The van der Waals surface area contributed by atoms with Crippen molar-refractivity contribution >= 4 is 11.7 Å². The minimum Gasteiger partial charge on any atom is -0.309 e. The first-order valence-electron chi connectivity index (χ1n) is 11.7. The standard InChI is InChI=1S/C26H21F6N3O/c27-14-7-8-15-13(10-14)6-9-17-25(15)35-24(12-4-2-1-3-5-12)26(33-17)34-18(36)11-16-19(28)21(30)23(32)22(31)20(16)29/h7-8,10,12H,1-6,9,11H2,(H,33,34,36). The van der Waals surface area contributed by atoms with Crippen molar-refractivity contribution in [3.05, 3.63) is 75.6 Å². The Hall–Kier alpha value is -3.43. The molecular weight excluding hydrogens is 484 g/mol. The van der Waals surface area contributed by atoms with Gasteiger partial charge in [-0.2, -0.15) is 0 Å². The van der Waals surface area contributed by atoms with E-state index < -0.39 is 47.0 Å². The second kappa shape index (κ2) is 9.55. The Balaban J connectivity index is 1.51. The summed E-state index contributed by atoms with van der Waals surface area (Å²) in [5.74, 6) is -11.9. The Morgan fingerprint density at radius 2 is 1.53 bits per heavy atom. The third-order valence-corrected chi connectivity index (χ3v) is 6.84. The number of amides is 1. The molecule has 0 spiro atoms. The molecule has 0 atom stereocenters. The summed E-state index contributed by atoms with van der Waals surface area (Å²) in [5.41, 5.74) is 1.99. The van der Waals surface area contributed by atoms with Gasteiger partial charge in [0, 0.05) is 17.0 Å². The molecule has 0 bridgehead atoms. The second-order valence-corrected chi connectivity index (χ2v) is 9.16. The maximum absolute atomic E-state index is 14.1. The fraction of sp³-hybridized carbons (Fsp3) is 0.346. The maximum Gasteiger partial charge on any atom is 0.230 e. The van der Waals surface area contributed by atoms with E-state index in [-0.39, 0.29) is 17.6 Å². The molecule has 2 aromatic carbocycles. The lowest BCUT2D eigenvalue weighted by atomic mass is 9.85. The fourth-order valence-corrected chi connectivity index (χ4v) is 5.02. The average Bonchev–Trinajstić information content (AvgIpc) is 2.88. The zero-order chi connectivity index (χ0) is 25.6. The molecular formula is C26H21F6N3O. The molecule has 0 unspecified atom stereocenters. The van der Waals surface area contributed by atoms with E-state index in [2.05, 4.69) is 10.3 Å². The zero-order valence-corrected chi connectivity index (χ0v) is 19.0. The highest BCUT2D eigenvalue weighted by atomic mass is 19.2. The number of fused-ring (bicyclic) bond motifs is 3. The van der Waals surface area contributed by atoms with Gasteiger partial charge < -0.3 is 5.32 Å². The van der Waals surface area contributed by atoms with Gasteiger partial charge in [0.15, 0.2) is 29.1 Å². The molecule has 0 saturated heterocycles. The molecule has 3 aromatic rings. The highest BCUT2D eigenvalue weighted by Gasteiger charge is 2.30. The molecule has 188 valence electrons. The van der Waals surface area contributed by atoms with E-state index in [1.165, 1.54) is 12.1 Å². The van der Waals surface area contributed by atoms with Gasteiger partial charge in [-0.1, -0.05) is 19.3 Å². The van der Waals surface area contributed by atoms with Gasteiger partial charge in [0.25, 0.3) is 0 Å². The van der Waals surface area contributed by atoms with Gasteiger partial charge in [-0.15, -0.1) is 0 Å². The van der Waals surface area contributed by atoms with Crippen LogP contribution in [0, 0.1) is 34.9 Å². The second-order valence-electron chi connectivity index (χ2n) is 9.16. The smallest absolute Gasteiger partial charge is 0.230 e. The average molecular weight is 505 g/mol. The van der Waals surface area contributed by atoms with Crippen LogP contribution >= 0.6 is 0 Å². The third kappa shape index (κ3) is 4.33. The normalized spacial score (nSPS) is 15.4. The quantitative estimate of drug-likeness (QED) is 0.257. The van der Waals surface area contributed by atoms with Crippen molar-refractivity contribution in [2.75, 3.05) is 5.32 Å². The summed E-state index contributed by atoms with van der Waals surface area (Å²) < 4.78 is 82.5. The monoisotopic (exact) mass is 505 g/mol. The van der Waals surface area contributed by atoms with Crippen LogP contribution in [0.15, 0.2) is 18.2 Å². The molecule has 2 aliphatic carbocycles. The Morgan fingerprint density at radius 3 is 2.22 bits per heavy atom. The number of nitrogens with zero attached hydrogens (tertiary/aromatic N) is 2. The highest BCUT2D eigenvalue weighted by Crippen LogP contribution is 2.39. The predicted molar refractivity (Wildman–Crippen MR) is 119 cm³/mol. The lowest BCUT2D eigenvalue weighted by molar-refractivity contribution is -0.115. The SMILES string of the molecule is O=C(Cc1c(F)c(F)c(F)c(F)c1F)Nc1nc2c(nc1C1CCCCC1)-c1ccc(F)cc1CC2. The first-order chi connectivity index (χ1) is 17.2. The summed E-state index contributed by atoms with van der Waals surface area (Å²) in [7, 11) is 0. The number of aryl methyl sites for hydroxylation is 2. The van der Waals surface area contributed by atoms with Crippen LogP contribution in [0.1, 0.15) is 60.5 Å². The van der Waals surface area contributed by atoms with Crippen molar-refractivity contribution in [1.29, 1.82) is 0 Å². The van der Waals surface area contributed by atoms with Gasteiger partial charge in [0.05, 0.1) is 23.5 Å². The van der Waals surface area contributed by atoms with Crippen LogP contribution in [0.25, 0.3) is 11.3 Å². The van der Waals surface area contributed by atoms with Crippen molar-refractivity contribution in [1.82, 2.24) is 9.97 Å². The van der Waals surface area contributed by atoms with Crippen molar-refractivity contribution in [2.24, 2.45) is 0 Å². The molecule has 1 saturated carbocycles. The Bertz CT molecular complexity index is 1340. The first kappa shape index (κ1) is 24.3. The number of aromatic nitrogens is 2. The summed E-state index contributed by atoms with van der Waals surface area (Å²) >= 11 is 0. The summed E-state index contributed by atoms with van der Waals surface area (Å²) in [5, 5.41) is 2.50. The highest BCUT2D eigenvalue weighted by molar-refractivity contribution is 5.92. The van der Waals surface area contributed by atoms with E-state index in [4.69, 9.17) is 4.98 Å².